The molecule has 1 heterocycles. The van der Waals surface area contributed by atoms with Gasteiger partial charge in [-0.3, -0.25) is 0 Å². The fourth-order valence-corrected chi connectivity index (χ4v) is 2.39. The van der Waals surface area contributed by atoms with Crippen LogP contribution < -0.4 is 0 Å². The summed E-state index contributed by atoms with van der Waals surface area (Å²) in [6.07, 6.45) is 0. The van der Waals surface area contributed by atoms with Crippen LogP contribution in [-0.2, 0) is 20.6 Å². The standard InChI is InChI=1S/C11H12O4S/c12-11(9-4-2-1-3-5-9)15-8-10-14-6-7-16(10)13/h1-5,10H,6-8H2. The summed E-state index contributed by atoms with van der Waals surface area (Å²) in [4.78, 5) is 11.5. The minimum atomic E-state index is -1.03. The largest absolute Gasteiger partial charge is 0.614 e. The van der Waals surface area contributed by atoms with Crippen molar-refractivity contribution in [3.8, 4) is 0 Å². The number of carbonyl (C=O) groups excluding carboxylic acids is 1. The van der Waals surface area contributed by atoms with Gasteiger partial charge in [0.05, 0.1) is 12.2 Å². The van der Waals surface area contributed by atoms with E-state index >= 15 is 0 Å². The summed E-state index contributed by atoms with van der Waals surface area (Å²) >= 11 is -1.03. The van der Waals surface area contributed by atoms with E-state index in [1.807, 2.05) is 6.07 Å². The number of rotatable bonds is 3. The van der Waals surface area contributed by atoms with Crippen molar-refractivity contribution in [2.45, 2.75) is 5.44 Å². The number of benzene rings is 1. The number of esters is 1. The highest BCUT2D eigenvalue weighted by atomic mass is 32.2. The Labute approximate surface area is 96.7 Å². The maximum Gasteiger partial charge on any atom is 0.338 e. The molecular weight excluding hydrogens is 228 g/mol. The van der Waals surface area contributed by atoms with Crippen LogP contribution in [0, 0.1) is 0 Å². The van der Waals surface area contributed by atoms with Crippen molar-refractivity contribution < 1.29 is 18.8 Å². The normalized spacial score (nSPS) is 24.3. The second-order valence-electron chi connectivity index (χ2n) is 3.35. The van der Waals surface area contributed by atoms with Crippen molar-refractivity contribution in [1.29, 1.82) is 0 Å². The van der Waals surface area contributed by atoms with E-state index in [4.69, 9.17) is 9.47 Å². The Balaban J connectivity index is 1.84. The number of carbonyl (C=O) groups is 1. The van der Waals surface area contributed by atoms with E-state index in [9.17, 15) is 9.35 Å². The zero-order chi connectivity index (χ0) is 11.4. The van der Waals surface area contributed by atoms with Crippen LogP contribution in [0.15, 0.2) is 30.3 Å². The highest BCUT2D eigenvalue weighted by Crippen LogP contribution is 2.13. The molecule has 2 rings (SSSR count). The van der Waals surface area contributed by atoms with Crippen LogP contribution in [0.25, 0.3) is 0 Å². The van der Waals surface area contributed by atoms with Crippen molar-refractivity contribution in [1.82, 2.24) is 0 Å². The summed E-state index contributed by atoms with van der Waals surface area (Å²) in [6.45, 7) is 0.528. The molecule has 0 radical (unpaired) electrons. The Kier molecular flexibility index (Phi) is 3.82. The van der Waals surface area contributed by atoms with Gasteiger partial charge in [-0.2, -0.15) is 0 Å². The van der Waals surface area contributed by atoms with Gasteiger partial charge in [-0.25, -0.2) is 4.79 Å². The minimum Gasteiger partial charge on any atom is -0.614 e. The van der Waals surface area contributed by atoms with Gasteiger partial charge in [0.1, 0.15) is 5.75 Å². The van der Waals surface area contributed by atoms with Crippen LogP contribution in [0.5, 0.6) is 0 Å². The molecule has 0 spiro atoms. The van der Waals surface area contributed by atoms with Gasteiger partial charge >= 0.3 is 5.97 Å². The number of hydrogen-bond donors (Lipinski definition) is 0. The molecular formula is C11H12O4S. The maximum absolute atomic E-state index is 11.5. The molecule has 4 nitrogen and oxygen atoms in total. The molecule has 0 amide bonds. The van der Waals surface area contributed by atoms with Gasteiger partial charge in [0.15, 0.2) is 6.61 Å². The third kappa shape index (κ3) is 2.75. The van der Waals surface area contributed by atoms with Crippen LogP contribution >= 0.6 is 0 Å². The molecule has 0 saturated carbocycles. The third-order valence-electron chi connectivity index (χ3n) is 2.24. The summed E-state index contributed by atoms with van der Waals surface area (Å²) in [5, 5.41) is 0. The highest BCUT2D eigenvalue weighted by molar-refractivity contribution is 7.92. The van der Waals surface area contributed by atoms with Gasteiger partial charge in [0.2, 0.25) is 0 Å². The van der Waals surface area contributed by atoms with Crippen LogP contribution in [0.3, 0.4) is 0 Å². The van der Waals surface area contributed by atoms with Gasteiger partial charge in [-0.1, -0.05) is 18.2 Å². The molecule has 2 unspecified atom stereocenters. The maximum atomic E-state index is 11.5. The van der Waals surface area contributed by atoms with Gasteiger partial charge in [0, 0.05) is 0 Å². The second kappa shape index (κ2) is 5.34. The molecule has 0 bridgehead atoms. The molecule has 0 N–H and O–H groups in total. The molecule has 16 heavy (non-hydrogen) atoms. The van der Waals surface area contributed by atoms with Crippen LogP contribution in [-0.4, -0.2) is 34.9 Å². The Morgan fingerprint density at radius 2 is 2.25 bits per heavy atom. The molecule has 0 aliphatic carbocycles. The van der Waals surface area contributed by atoms with Crippen molar-refractivity contribution in [2.24, 2.45) is 0 Å². The molecule has 1 aromatic carbocycles. The molecule has 1 fully saturated rings. The smallest absolute Gasteiger partial charge is 0.338 e. The summed E-state index contributed by atoms with van der Waals surface area (Å²) in [7, 11) is 0. The molecule has 86 valence electrons. The first-order valence-corrected chi connectivity index (χ1v) is 6.36. The van der Waals surface area contributed by atoms with Crippen LogP contribution in [0.4, 0.5) is 0 Å². The molecule has 5 heteroatoms. The molecule has 2 atom stereocenters. The molecule has 0 aromatic heterocycles. The first-order chi connectivity index (χ1) is 7.77. The summed E-state index contributed by atoms with van der Waals surface area (Å²) < 4.78 is 21.5. The number of hydrogen-bond acceptors (Lipinski definition) is 4. The van der Waals surface area contributed by atoms with Crippen LogP contribution in [0.2, 0.25) is 0 Å². The van der Waals surface area contributed by atoms with E-state index in [0.29, 0.717) is 17.9 Å². The third-order valence-corrected chi connectivity index (χ3v) is 3.67. The van der Waals surface area contributed by atoms with E-state index in [2.05, 4.69) is 0 Å². The first kappa shape index (κ1) is 11.4. The zero-order valence-electron chi connectivity index (χ0n) is 8.63. The van der Waals surface area contributed by atoms with Crippen LogP contribution in [0.1, 0.15) is 10.4 Å². The summed E-state index contributed by atoms with van der Waals surface area (Å²) in [5.74, 6) is 0.112. The molecule has 1 saturated heterocycles. The number of ether oxygens (including phenoxy) is 2. The first-order valence-electron chi connectivity index (χ1n) is 4.98. The van der Waals surface area contributed by atoms with Crippen molar-refractivity contribution in [3.63, 3.8) is 0 Å². The van der Waals surface area contributed by atoms with E-state index in [1.165, 1.54) is 0 Å². The lowest BCUT2D eigenvalue weighted by Crippen LogP contribution is -2.25. The lowest BCUT2D eigenvalue weighted by molar-refractivity contribution is 0.0286. The minimum absolute atomic E-state index is 0.0559. The van der Waals surface area contributed by atoms with Gasteiger partial charge in [-0.05, 0) is 23.3 Å². The SMILES string of the molecule is O=C(OCC1OCC[S+]1[O-])c1ccccc1. The monoisotopic (exact) mass is 240 g/mol. The fourth-order valence-electron chi connectivity index (χ4n) is 1.39. The van der Waals surface area contributed by atoms with Crippen molar-refractivity contribution in [3.05, 3.63) is 35.9 Å². The van der Waals surface area contributed by atoms with Crippen molar-refractivity contribution in [2.75, 3.05) is 19.0 Å². The molecule has 1 aliphatic rings. The average molecular weight is 240 g/mol. The second-order valence-corrected chi connectivity index (χ2v) is 5.05. The molecule has 1 aromatic rings. The Morgan fingerprint density at radius 1 is 1.50 bits per heavy atom. The average Bonchev–Trinajstić information content (AvgIpc) is 2.73. The van der Waals surface area contributed by atoms with Crippen molar-refractivity contribution >= 4 is 17.1 Å². The Hall–Kier alpha value is -1.04. The van der Waals surface area contributed by atoms with E-state index < -0.39 is 22.6 Å². The summed E-state index contributed by atoms with van der Waals surface area (Å²) in [5.41, 5.74) is 0.0268. The van der Waals surface area contributed by atoms with E-state index in [1.54, 1.807) is 24.3 Å². The fraction of sp³-hybridized carbons (Fsp3) is 0.364. The topological polar surface area (TPSA) is 58.6 Å². The predicted octanol–water partition coefficient (Wildman–Crippen LogP) is 0.948. The Morgan fingerprint density at radius 3 is 2.88 bits per heavy atom. The summed E-state index contributed by atoms with van der Waals surface area (Å²) in [6, 6.07) is 8.71. The van der Waals surface area contributed by atoms with Gasteiger partial charge in [-0.15, -0.1) is 0 Å². The van der Waals surface area contributed by atoms with Gasteiger partial charge in [0.25, 0.3) is 5.44 Å². The Bertz CT molecular complexity index is 354. The van der Waals surface area contributed by atoms with E-state index in [0.717, 1.165) is 0 Å². The molecule has 1 aliphatic heterocycles. The predicted molar refractivity (Wildman–Crippen MR) is 59.5 cm³/mol. The zero-order valence-corrected chi connectivity index (χ0v) is 9.44. The quantitative estimate of drug-likeness (QED) is 0.583. The van der Waals surface area contributed by atoms with Gasteiger partial charge < -0.3 is 14.0 Å². The lowest BCUT2D eigenvalue weighted by atomic mass is 10.2. The lowest BCUT2D eigenvalue weighted by Gasteiger charge is -2.12. The highest BCUT2D eigenvalue weighted by Gasteiger charge is 2.31. The van der Waals surface area contributed by atoms with E-state index in [-0.39, 0.29) is 6.61 Å².